The van der Waals surface area contributed by atoms with Gasteiger partial charge in [-0.05, 0) is 24.8 Å². The van der Waals surface area contributed by atoms with Crippen molar-refractivity contribution in [2.45, 2.75) is 25.4 Å². The van der Waals surface area contributed by atoms with Crippen molar-refractivity contribution in [2.24, 2.45) is 0 Å². The van der Waals surface area contributed by atoms with E-state index >= 15 is 0 Å². The molecule has 1 saturated heterocycles. The third-order valence-electron chi connectivity index (χ3n) is 3.08. The molecule has 82 valence electrons. The Morgan fingerprint density at radius 1 is 1.13 bits per heavy atom. The maximum Gasteiger partial charge on any atom is 0.103 e. The highest BCUT2D eigenvalue weighted by molar-refractivity contribution is 5.14. The Balaban J connectivity index is 1.74. The van der Waals surface area contributed by atoms with E-state index in [4.69, 9.17) is 0 Å². The van der Waals surface area contributed by atoms with Crippen molar-refractivity contribution >= 4 is 0 Å². The fraction of sp³-hybridized carbons (Fsp3) is 0.538. The van der Waals surface area contributed by atoms with Crippen LogP contribution in [-0.4, -0.2) is 30.7 Å². The largest absolute Gasteiger partial charge is 0.303 e. The van der Waals surface area contributed by atoms with Crippen LogP contribution in [0, 0.1) is 0 Å². The van der Waals surface area contributed by atoms with Gasteiger partial charge >= 0.3 is 0 Å². The number of rotatable bonds is 3. The van der Waals surface area contributed by atoms with Gasteiger partial charge in [-0.2, -0.15) is 0 Å². The Kier molecular flexibility index (Phi) is 3.73. The summed E-state index contributed by atoms with van der Waals surface area (Å²) in [5.41, 5.74) is 1.37. The van der Waals surface area contributed by atoms with Gasteiger partial charge in [0.2, 0.25) is 0 Å². The minimum Gasteiger partial charge on any atom is -0.303 e. The van der Waals surface area contributed by atoms with Gasteiger partial charge in [-0.1, -0.05) is 30.3 Å². The molecule has 0 atom stereocenters. The van der Waals surface area contributed by atoms with Crippen molar-refractivity contribution < 1.29 is 4.39 Å². The molecule has 2 rings (SSSR count). The molecule has 1 aromatic rings. The van der Waals surface area contributed by atoms with Gasteiger partial charge in [0.25, 0.3) is 0 Å². The maximum absolute atomic E-state index is 12.9. The summed E-state index contributed by atoms with van der Waals surface area (Å²) in [4.78, 5) is 2.36. The molecule has 1 heterocycles. The first-order valence-corrected chi connectivity index (χ1v) is 5.75. The number of nitrogens with zero attached hydrogens (tertiary/aromatic N) is 1. The lowest BCUT2D eigenvalue weighted by Gasteiger charge is -2.28. The molecule has 0 bridgehead atoms. The van der Waals surface area contributed by atoms with Crippen molar-refractivity contribution in [2.75, 3.05) is 19.6 Å². The molecule has 1 aromatic carbocycles. The van der Waals surface area contributed by atoms with Crippen LogP contribution in [0.1, 0.15) is 18.4 Å². The quantitative estimate of drug-likeness (QED) is 0.736. The van der Waals surface area contributed by atoms with Gasteiger partial charge in [-0.3, -0.25) is 0 Å². The zero-order valence-corrected chi connectivity index (χ0v) is 9.03. The van der Waals surface area contributed by atoms with Crippen LogP contribution in [0.5, 0.6) is 0 Å². The first-order valence-electron chi connectivity index (χ1n) is 5.75. The fourth-order valence-corrected chi connectivity index (χ4v) is 2.06. The fourth-order valence-electron chi connectivity index (χ4n) is 2.06. The third-order valence-corrected chi connectivity index (χ3v) is 3.08. The summed E-state index contributed by atoms with van der Waals surface area (Å²) in [5.74, 6) is 0. The molecule has 1 aliphatic heterocycles. The Morgan fingerprint density at radius 2 is 1.80 bits per heavy atom. The molecule has 15 heavy (non-hydrogen) atoms. The average molecular weight is 207 g/mol. The molecule has 0 aliphatic carbocycles. The van der Waals surface area contributed by atoms with Crippen LogP contribution in [0.15, 0.2) is 30.3 Å². The second-order valence-corrected chi connectivity index (χ2v) is 4.25. The highest BCUT2D eigenvalue weighted by Gasteiger charge is 2.17. The van der Waals surface area contributed by atoms with E-state index in [0.29, 0.717) is 0 Å². The number of alkyl halides is 1. The summed E-state index contributed by atoms with van der Waals surface area (Å²) in [6.45, 7) is 2.92. The zero-order chi connectivity index (χ0) is 10.5. The Labute approximate surface area is 90.9 Å². The van der Waals surface area contributed by atoms with Crippen LogP contribution in [0.4, 0.5) is 4.39 Å². The summed E-state index contributed by atoms with van der Waals surface area (Å²) in [6.07, 6.45) is 1.96. The minimum absolute atomic E-state index is 0.557. The van der Waals surface area contributed by atoms with E-state index in [0.717, 1.165) is 38.9 Å². The second-order valence-electron chi connectivity index (χ2n) is 4.25. The summed E-state index contributed by atoms with van der Waals surface area (Å²) in [5, 5.41) is 0. The van der Waals surface area contributed by atoms with Crippen molar-refractivity contribution in [1.29, 1.82) is 0 Å². The number of likely N-dealkylation sites (tertiary alicyclic amines) is 1. The summed E-state index contributed by atoms with van der Waals surface area (Å²) in [6, 6.07) is 10.5. The van der Waals surface area contributed by atoms with Gasteiger partial charge in [0, 0.05) is 19.6 Å². The molecule has 0 amide bonds. The van der Waals surface area contributed by atoms with Gasteiger partial charge in [-0.15, -0.1) is 0 Å². The molecule has 2 heteroatoms. The lowest BCUT2D eigenvalue weighted by Crippen LogP contribution is -2.35. The molecule has 0 saturated carbocycles. The normalized spacial score (nSPS) is 19.3. The molecule has 1 nitrogen and oxygen atoms in total. The first-order chi connectivity index (χ1) is 7.34. The lowest BCUT2D eigenvalue weighted by molar-refractivity contribution is 0.152. The Morgan fingerprint density at radius 3 is 2.47 bits per heavy atom. The monoisotopic (exact) mass is 207 g/mol. The van der Waals surface area contributed by atoms with E-state index in [1.807, 2.05) is 6.07 Å². The third kappa shape index (κ3) is 3.31. The molecule has 1 aliphatic rings. The standard InChI is InChI=1S/C13H18FN/c14-13-7-10-15(11-8-13)9-6-12-4-2-1-3-5-12/h1-5,13H,6-11H2. The summed E-state index contributed by atoms with van der Waals surface area (Å²) in [7, 11) is 0. The number of halogens is 1. The smallest absolute Gasteiger partial charge is 0.103 e. The van der Waals surface area contributed by atoms with Crippen molar-refractivity contribution in [3.63, 3.8) is 0 Å². The molecule has 0 aromatic heterocycles. The number of benzene rings is 1. The van der Waals surface area contributed by atoms with Crippen LogP contribution in [0.2, 0.25) is 0 Å². The van der Waals surface area contributed by atoms with Gasteiger partial charge in [-0.25, -0.2) is 4.39 Å². The summed E-state index contributed by atoms with van der Waals surface area (Å²) < 4.78 is 12.9. The highest BCUT2D eigenvalue weighted by Crippen LogP contribution is 2.13. The van der Waals surface area contributed by atoms with E-state index < -0.39 is 6.17 Å². The second kappa shape index (κ2) is 5.26. The number of hydrogen-bond acceptors (Lipinski definition) is 1. The van der Waals surface area contributed by atoms with Gasteiger partial charge in [0.1, 0.15) is 6.17 Å². The first kappa shape index (κ1) is 10.6. The highest BCUT2D eigenvalue weighted by atomic mass is 19.1. The molecule has 0 N–H and O–H groups in total. The molecule has 0 radical (unpaired) electrons. The molecule has 1 fully saturated rings. The lowest BCUT2D eigenvalue weighted by atomic mass is 10.1. The Hall–Kier alpha value is -0.890. The molecular formula is C13H18FN. The van der Waals surface area contributed by atoms with E-state index in [9.17, 15) is 4.39 Å². The van der Waals surface area contributed by atoms with E-state index in [1.54, 1.807) is 0 Å². The minimum atomic E-state index is -0.557. The van der Waals surface area contributed by atoms with Gasteiger partial charge in [0.05, 0.1) is 0 Å². The van der Waals surface area contributed by atoms with Crippen molar-refractivity contribution in [3.8, 4) is 0 Å². The van der Waals surface area contributed by atoms with Crippen LogP contribution in [0.25, 0.3) is 0 Å². The predicted octanol–water partition coefficient (Wildman–Crippen LogP) is 2.66. The van der Waals surface area contributed by atoms with Crippen LogP contribution in [-0.2, 0) is 6.42 Å². The molecule has 0 unspecified atom stereocenters. The van der Waals surface area contributed by atoms with Crippen LogP contribution < -0.4 is 0 Å². The zero-order valence-electron chi connectivity index (χ0n) is 9.03. The average Bonchev–Trinajstić information content (AvgIpc) is 2.30. The topological polar surface area (TPSA) is 3.24 Å². The SMILES string of the molecule is FC1CCN(CCc2ccccc2)CC1. The Bertz CT molecular complexity index is 278. The van der Waals surface area contributed by atoms with Gasteiger partial charge < -0.3 is 4.90 Å². The maximum atomic E-state index is 12.9. The van der Waals surface area contributed by atoms with E-state index in [1.165, 1.54) is 5.56 Å². The van der Waals surface area contributed by atoms with Crippen LogP contribution >= 0.6 is 0 Å². The van der Waals surface area contributed by atoms with Gasteiger partial charge in [0.15, 0.2) is 0 Å². The molecule has 0 spiro atoms. The van der Waals surface area contributed by atoms with E-state index in [2.05, 4.69) is 29.2 Å². The summed E-state index contributed by atoms with van der Waals surface area (Å²) >= 11 is 0. The van der Waals surface area contributed by atoms with E-state index in [-0.39, 0.29) is 0 Å². The van der Waals surface area contributed by atoms with Crippen molar-refractivity contribution in [1.82, 2.24) is 4.90 Å². The predicted molar refractivity (Wildman–Crippen MR) is 60.7 cm³/mol. The number of hydrogen-bond donors (Lipinski definition) is 0. The van der Waals surface area contributed by atoms with Crippen molar-refractivity contribution in [3.05, 3.63) is 35.9 Å². The molecular weight excluding hydrogens is 189 g/mol. The van der Waals surface area contributed by atoms with Crippen LogP contribution in [0.3, 0.4) is 0 Å². The number of piperidine rings is 1.